The number of hydrogen-bond acceptors (Lipinski definition) is 3. The highest BCUT2D eigenvalue weighted by Crippen LogP contribution is 2.28. The second-order valence-corrected chi connectivity index (χ2v) is 9.66. The van der Waals surface area contributed by atoms with Crippen LogP contribution in [0.1, 0.15) is 37.5 Å². The average molecular weight is 561 g/mol. The third-order valence-corrected chi connectivity index (χ3v) is 7.13. The summed E-state index contributed by atoms with van der Waals surface area (Å²) in [5, 5.41) is 7.50. The first kappa shape index (κ1) is 32.0. The lowest BCUT2D eigenvalue weighted by molar-refractivity contribution is 0.411. The van der Waals surface area contributed by atoms with Crippen molar-refractivity contribution in [1.29, 1.82) is 0 Å². The Labute approximate surface area is 251 Å². The third-order valence-electron chi connectivity index (χ3n) is 7.13. The van der Waals surface area contributed by atoms with Crippen molar-refractivity contribution < 1.29 is 14.2 Å². The lowest BCUT2D eigenvalue weighted by Gasteiger charge is -2.08. The van der Waals surface area contributed by atoms with Crippen molar-refractivity contribution >= 4 is 32.3 Å². The van der Waals surface area contributed by atoms with Crippen molar-refractivity contribution in [1.82, 2.24) is 0 Å². The molecule has 42 heavy (non-hydrogen) atoms. The number of aryl methyl sites for hydroxylation is 3. The zero-order valence-corrected chi connectivity index (χ0v) is 26.3. The normalized spacial score (nSPS) is 10.0. The Kier molecular flexibility index (Phi) is 12.3. The van der Waals surface area contributed by atoms with E-state index in [1.165, 1.54) is 49.0 Å². The number of methoxy groups -OCH3 is 3. The number of ether oxygens (including phenoxy) is 3. The zero-order chi connectivity index (χ0) is 30.5. The Morgan fingerprint density at radius 3 is 1.62 bits per heavy atom. The topological polar surface area (TPSA) is 27.7 Å². The lowest BCUT2D eigenvalue weighted by Crippen LogP contribution is -1.90. The Morgan fingerprint density at radius 1 is 0.476 bits per heavy atom. The minimum absolute atomic E-state index is 0.927. The van der Waals surface area contributed by atoms with E-state index in [-0.39, 0.29) is 0 Å². The molecule has 3 heteroatoms. The van der Waals surface area contributed by atoms with E-state index in [4.69, 9.17) is 14.2 Å². The molecule has 0 aromatic heterocycles. The molecule has 3 nitrogen and oxygen atoms in total. The Morgan fingerprint density at radius 2 is 1.02 bits per heavy atom. The average Bonchev–Trinajstić information content (AvgIpc) is 3.06. The second-order valence-electron chi connectivity index (χ2n) is 9.66. The van der Waals surface area contributed by atoms with Crippen LogP contribution in [-0.4, -0.2) is 21.3 Å². The van der Waals surface area contributed by atoms with E-state index >= 15 is 0 Å². The minimum atomic E-state index is 0.927. The summed E-state index contributed by atoms with van der Waals surface area (Å²) in [4.78, 5) is 0. The van der Waals surface area contributed by atoms with Crippen LogP contribution in [0, 0.1) is 13.8 Å². The van der Waals surface area contributed by atoms with Gasteiger partial charge in [0.25, 0.3) is 0 Å². The summed E-state index contributed by atoms with van der Waals surface area (Å²) in [5.74, 6) is 2.86. The van der Waals surface area contributed by atoms with Gasteiger partial charge in [0.2, 0.25) is 0 Å². The van der Waals surface area contributed by atoms with E-state index < -0.39 is 0 Å². The van der Waals surface area contributed by atoms with Gasteiger partial charge in [0.1, 0.15) is 17.2 Å². The van der Waals surface area contributed by atoms with Gasteiger partial charge in [-0.3, -0.25) is 0 Å². The highest BCUT2D eigenvalue weighted by Gasteiger charge is 2.03. The standard InChI is InChI=1S/C13H14O.2C12H12O.C2H6/c1-3-10-8-11-6-4-5-7-12(11)9-13(10)14-2;1-9-7-11(13-2)8-10-5-3-4-6-12(9)10;1-9-7-8-12(13-2)11-6-4-3-5-10(9)11;1-2/h4-9H,3H2,1-2H3;2*3-8H,1-2H3;1-2H3. The molecule has 0 atom stereocenters. The van der Waals surface area contributed by atoms with Crippen LogP contribution in [-0.2, 0) is 6.42 Å². The molecule has 6 aromatic rings. The predicted octanol–water partition coefficient (Wildman–Crippen LogP) is 10.8. The molecular weight excluding hydrogens is 516 g/mol. The number of hydrogen-bond donors (Lipinski definition) is 0. The molecule has 218 valence electrons. The van der Waals surface area contributed by atoms with Crippen molar-refractivity contribution in [3.63, 3.8) is 0 Å². The van der Waals surface area contributed by atoms with Gasteiger partial charge in [-0.05, 0) is 94.2 Å². The maximum Gasteiger partial charge on any atom is 0.126 e. The molecule has 0 aliphatic carbocycles. The molecule has 0 amide bonds. The van der Waals surface area contributed by atoms with Crippen molar-refractivity contribution in [2.45, 2.75) is 41.0 Å². The minimum Gasteiger partial charge on any atom is -0.497 e. The van der Waals surface area contributed by atoms with Gasteiger partial charge in [-0.1, -0.05) is 99.6 Å². The van der Waals surface area contributed by atoms with Crippen LogP contribution in [0.4, 0.5) is 0 Å². The van der Waals surface area contributed by atoms with Gasteiger partial charge >= 0.3 is 0 Å². The summed E-state index contributed by atoms with van der Waals surface area (Å²) in [7, 11) is 5.13. The predicted molar refractivity (Wildman–Crippen MR) is 182 cm³/mol. The van der Waals surface area contributed by atoms with Crippen LogP contribution in [0.3, 0.4) is 0 Å². The Balaban J connectivity index is 0.000000168. The molecule has 0 aliphatic heterocycles. The molecule has 0 bridgehead atoms. The van der Waals surface area contributed by atoms with Crippen molar-refractivity contribution in [2.75, 3.05) is 21.3 Å². The summed E-state index contributed by atoms with van der Waals surface area (Å²) in [6.07, 6.45) is 1.01. The smallest absolute Gasteiger partial charge is 0.126 e. The fourth-order valence-electron chi connectivity index (χ4n) is 4.92. The highest BCUT2D eigenvalue weighted by atomic mass is 16.5. The highest BCUT2D eigenvalue weighted by molar-refractivity contribution is 5.91. The first-order valence-corrected chi connectivity index (χ1v) is 14.6. The van der Waals surface area contributed by atoms with Crippen LogP contribution in [0.15, 0.2) is 109 Å². The van der Waals surface area contributed by atoms with Crippen LogP contribution in [0.25, 0.3) is 32.3 Å². The van der Waals surface area contributed by atoms with Gasteiger partial charge in [-0.25, -0.2) is 0 Å². The van der Waals surface area contributed by atoms with Gasteiger partial charge < -0.3 is 14.2 Å². The number of rotatable bonds is 4. The maximum absolute atomic E-state index is 5.34. The summed E-state index contributed by atoms with van der Waals surface area (Å²) >= 11 is 0. The van der Waals surface area contributed by atoms with Gasteiger partial charge in [0.05, 0.1) is 21.3 Å². The van der Waals surface area contributed by atoms with Crippen LogP contribution >= 0.6 is 0 Å². The van der Waals surface area contributed by atoms with Gasteiger partial charge in [-0.15, -0.1) is 0 Å². The summed E-state index contributed by atoms with van der Waals surface area (Å²) in [6.45, 7) is 10.4. The quantitative estimate of drug-likeness (QED) is 0.215. The van der Waals surface area contributed by atoms with E-state index in [0.29, 0.717) is 0 Å². The van der Waals surface area contributed by atoms with E-state index in [9.17, 15) is 0 Å². The van der Waals surface area contributed by atoms with E-state index in [2.05, 4.69) is 106 Å². The summed E-state index contributed by atoms with van der Waals surface area (Å²) in [6, 6.07) is 37.5. The van der Waals surface area contributed by atoms with E-state index in [1.54, 1.807) is 21.3 Å². The summed E-state index contributed by atoms with van der Waals surface area (Å²) in [5.41, 5.74) is 3.82. The molecule has 0 fully saturated rings. The molecule has 0 N–H and O–H groups in total. The second kappa shape index (κ2) is 16.1. The summed E-state index contributed by atoms with van der Waals surface area (Å²) < 4.78 is 15.8. The number of fused-ring (bicyclic) bond motifs is 3. The fourth-order valence-corrected chi connectivity index (χ4v) is 4.92. The first-order valence-electron chi connectivity index (χ1n) is 14.6. The molecule has 0 aliphatic rings. The monoisotopic (exact) mass is 560 g/mol. The molecule has 0 spiro atoms. The zero-order valence-electron chi connectivity index (χ0n) is 26.3. The third kappa shape index (κ3) is 7.82. The molecule has 0 heterocycles. The van der Waals surface area contributed by atoms with Crippen LogP contribution < -0.4 is 14.2 Å². The van der Waals surface area contributed by atoms with Gasteiger partial charge in [0.15, 0.2) is 0 Å². The van der Waals surface area contributed by atoms with Gasteiger partial charge in [0, 0.05) is 5.39 Å². The van der Waals surface area contributed by atoms with Crippen LogP contribution in [0.2, 0.25) is 0 Å². The molecule has 0 unspecified atom stereocenters. The maximum atomic E-state index is 5.34. The molecule has 0 saturated carbocycles. The van der Waals surface area contributed by atoms with E-state index in [1.807, 2.05) is 38.1 Å². The SMILES string of the molecule is CC.CCc1cc2ccccc2cc1OC.COc1cc(C)c2ccccc2c1.COc1ccc(C)c2ccccc12. The van der Waals surface area contributed by atoms with Crippen LogP contribution in [0.5, 0.6) is 17.2 Å². The van der Waals surface area contributed by atoms with Crippen molar-refractivity contribution in [2.24, 2.45) is 0 Å². The van der Waals surface area contributed by atoms with Crippen molar-refractivity contribution in [3.05, 3.63) is 126 Å². The molecular formula is C39H44O3. The van der Waals surface area contributed by atoms with E-state index in [0.717, 1.165) is 23.7 Å². The Hall–Kier alpha value is -4.50. The van der Waals surface area contributed by atoms with Crippen molar-refractivity contribution in [3.8, 4) is 17.2 Å². The fraction of sp³-hybridized carbons (Fsp3) is 0.231. The largest absolute Gasteiger partial charge is 0.497 e. The number of benzene rings is 6. The Bertz CT molecular complexity index is 1680. The molecule has 6 aromatic carbocycles. The first-order chi connectivity index (χ1) is 20.5. The molecule has 0 radical (unpaired) electrons. The van der Waals surface area contributed by atoms with Gasteiger partial charge in [-0.2, -0.15) is 0 Å². The molecule has 0 saturated heterocycles. The lowest BCUT2D eigenvalue weighted by atomic mass is 10.0. The molecule has 6 rings (SSSR count).